The van der Waals surface area contributed by atoms with Crippen LogP contribution in [0.25, 0.3) is 0 Å². The van der Waals surface area contributed by atoms with Crippen molar-refractivity contribution < 1.29 is 8.78 Å². The van der Waals surface area contributed by atoms with Gasteiger partial charge in [-0.25, -0.2) is 8.78 Å². The number of halogens is 2. The van der Waals surface area contributed by atoms with Crippen LogP contribution >= 0.6 is 0 Å². The standard InChI is InChI=1S/C8H15F2N/c1-8(9,10)5-4-7-3-2-6-11-7/h7,11H,2-6H2,1H3. The van der Waals surface area contributed by atoms with Gasteiger partial charge in [0, 0.05) is 12.5 Å². The fourth-order valence-electron chi connectivity index (χ4n) is 1.43. The zero-order valence-electron chi connectivity index (χ0n) is 6.87. The summed E-state index contributed by atoms with van der Waals surface area (Å²) in [6.07, 6.45) is 2.84. The van der Waals surface area contributed by atoms with Gasteiger partial charge in [0.25, 0.3) is 0 Å². The lowest BCUT2D eigenvalue weighted by atomic mass is 10.1. The van der Waals surface area contributed by atoms with Gasteiger partial charge < -0.3 is 5.32 Å². The second-order valence-corrected chi connectivity index (χ2v) is 3.40. The van der Waals surface area contributed by atoms with Crippen LogP contribution in [0.5, 0.6) is 0 Å². The van der Waals surface area contributed by atoms with E-state index in [1.165, 1.54) is 0 Å². The zero-order valence-corrected chi connectivity index (χ0v) is 6.87. The molecule has 0 aliphatic carbocycles. The molecular weight excluding hydrogens is 148 g/mol. The highest BCUT2D eigenvalue weighted by Crippen LogP contribution is 2.22. The SMILES string of the molecule is CC(F)(F)CCC1CCCN1. The predicted molar refractivity (Wildman–Crippen MR) is 40.9 cm³/mol. The molecule has 0 amide bonds. The maximum atomic E-state index is 12.3. The molecule has 66 valence electrons. The first-order valence-electron chi connectivity index (χ1n) is 4.19. The molecule has 1 aliphatic rings. The number of hydrogen-bond acceptors (Lipinski definition) is 1. The average Bonchev–Trinajstić information content (AvgIpc) is 2.32. The molecule has 0 spiro atoms. The van der Waals surface area contributed by atoms with Crippen LogP contribution in [0.4, 0.5) is 8.78 Å². The lowest BCUT2D eigenvalue weighted by molar-refractivity contribution is 0.00879. The number of hydrogen-bond donors (Lipinski definition) is 1. The second kappa shape index (κ2) is 3.48. The lowest BCUT2D eigenvalue weighted by Crippen LogP contribution is -2.24. The minimum atomic E-state index is -2.48. The van der Waals surface area contributed by atoms with Crippen LogP contribution in [0.1, 0.15) is 32.6 Å². The van der Waals surface area contributed by atoms with Gasteiger partial charge in [0.2, 0.25) is 5.92 Å². The van der Waals surface area contributed by atoms with Gasteiger partial charge >= 0.3 is 0 Å². The van der Waals surface area contributed by atoms with Gasteiger partial charge in [-0.2, -0.15) is 0 Å². The summed E-state index contributed by atoms with van der Waals surface area (Å²) in [4.78, 5) is 0. The highest BCUT2D eigenvalue weighted by molar-refractivity contribution is 4.75. The van der Waals surface area contributed by atoms with Gasteiger partial charge in [0.1, 0.15) is 0 Å². The molecule has 1 heterocycles. The van der Waals surface area contributed by atoms with Gasteiger partial charge in [-0.05, 0) is 32.7 Å². The van der Waals surface area contributed by atoms with E-state index in [2.05, 4.69) is 5.32 Å². The van der Waals surface area contributed by atoms with Crippen molar-refractivity contribution in [3.63, 3.8) is 0 Å². The number of nitrogens with one attached hydrogen (secondary N) is 1. The molecule has 1 N–H and O–H groups in total. The third-order valence-corrected chi connectivity index (χ3v) is 2.09. The monoisotopic (exact) mass is 163 g/mol. The lowest BCUT2D eigenvalue weighted by Gasteiger charge is -2.13. The molecule has 0 aromatic heterocycles. The summed E-state index contributed by atoms with van der Waals surface area (Å²) in [5.74, 6) is -2.48. The Balaban J connectivity index is 2.11. The molecule has 0 saturated carbocycles. The van der Waals surface area contributed by atoms with Crippen LogP contribution in [0.3, 0.4) is 0 Å². The van der Waals surface area contributed by atoms with Crippen molar-refractivity contribution in [2.75, 3.05) is 6.54 Å². The van der Waals surface area contributed by atoms with Gasteiger partial charge in [-0.1, -0.05) is 0 Å². The first-order valence-corrected chi connectivity index (χ1v) is 4.19. The normalized spacial score (nSPS) is 25.9. The summed E-state index contributed by atoms with van der Waals surface area (Å²) < 4.78 is 24.7. The van der Waals surface area contributed by atoms with Crippen LogP contribution in [0.2, 0.25) is 0 Å². The Bertz CT molecular complexity index is 114. The second-order valence-electron chi connectivity index (χ2n) is 3.40. The molecule has 3 heteroatoms. The van der Waals surface area contributed by atoms with Crippen LogP contribution in [-0.4, -0.2) is 18.5 Å². The Hall–Kier alpha value is -0.180. The van der Waals surface area contributed by atoms with E-state index in [1.54, 1.807) is 0 Å². The number of alkyl halides is 2. The minimum absolute atomic E-state index is 0.0185. The molecule has 0 bridgehead atoms. The van der Waals surface area contributed by atoms with Crippen LogP contribution in [-0.2, 0) is 0 Å². The molecule has 1 aliphatic heterocycles. The Morgan fingerprint density at radius 2 is 2.27 bits per heavy atom. The largest absolute Gasteiger partial charge is 0.314 e. The Morgan fingerprint density at radius 3 is 2.73 bits per heavy atom. The zero-order chi connectivity index (χ0) is 8.32. The smallest absolute Gasteiger partial charge is 0.245 e. The third-order valence-electron chi connectivity index (χ3n) is 2.09. The van der Waals surface area contributed by atoms with Crippen LogP contribution < -0.4 is 5.32 Å². The summed E-state index contributed by atoms with van der Waals surface area (Å²) in [5.41, 5.74) is 0. The van der Waals surface area contributed by atoms with Crippen LogP contribution in [0, 0.1) is 0 Å². The summed E-state index contributed by atoms with van der Waals surface area (Å²) in [6, 6.07) is 0.348. The predicted octanol–water partition coefficient (Wildman–Crippen LogP) is 2.17. The topological polar surface area (TPSA) is 12.0 Å². The Morgan fingerprint density at radius 1 is 1.55 bits per heavy atom. The molecule has 0 aromatic rings. The number of rotatable bonds is 3. The maximum absolute atomic E-state index is 12.3. The van der Waals surface area contributed by atoms with E-state index in [-0.39, 0.29) is 6.42 Å². The van der Waals surface area contributed by atoms with Gasteiger partial charge in [-0.15, -0.1) is 0 Å². The molecule has 0 radical (unpaired) electrons. The van der Waals surface area contributed by atoms with Gasteiger partial charge in [-0.3, -0.25) is 0 Å². The molecule has 1 rings (SSSR count). The highest BCUT2D eigenvalue weighted by atomic mass is 19.3. The fourth-order valence-corrected chi connectivity index (χ4v) is 1.43. The van der Waals surface area contributed by atoms with Crippen molar-refractivity contribution in [2.24, 2.45) is 0 Å². The van der Waals surface area contributed by atoms with E-state index in [0.717, 1.165) is 26.3 Å². The average molecular weight is 163 g/mol. The van der Waals surface area contributed by atoms with Crippen LogP contribution in [0.15, 0.2) is 0 Å². The van der Waals surface area contributed by atoms with E-state index < -0.39 is 5.92 Å². The first kappa shape index (κ1) is 8.91. The van der Waals surface area contributed by atoms with Crippen molar-refractivity contribution in [3.05, 3.63) is 0 Å². The Labute approximate surface area is 66.2 Å². The Kier molecular flexibility index (Phi) is 2.82. The van der Waals surface area contributed by atoms with Crippen molar-refractivity contribution in [1.29, 1.82) is 0 Å². The van der Waals surface area contributed by atoms with E-state index in [0.29, 0.717) is 12.5 Å². The van der Waals surface area contributed by atoms with Crippen molar-refractivity contribution >= 4 is 0 Å². The van der Waals surface area contributed by atoms with Gasteiger partial charge in [0.15, 0.2) is 0 Å². The molecular formula is C8H15F2N. The van der Waals surface area contributed by atoms with Crippen molar-refractivity contribution in [3.8, 4) is 0 Å². The summed E-state index contributed by atoms with van der Waals surface area (Å²) in [7, 11) is 0. The highest BCUT2D eigenvalue weighted by Gasteiger charge is 2.23. The minimum Gasteiger partial charge on any atom is -0.314 e. The summed E-state index contributed by atoms with van der Waals surface area (Å²) in [5, 5.41) is 3.20. The van der Waals surface area contributed by atoms with E-state index in [1.807, 2.05) is 0 Å². The van der Waals surface area contributed by atoms with E-state index >= 15 is 0 Å². The third kappa shape index (κ3) is 3.65. The van der Waals surface area contributed by atoms with E-state index in [9.17, 15) is 8.78 Å². The first-order chi connectivity index (χ1) is 5.08. The van der Waals surface area contributed by atoms with Gasteiger partial charge in [0.05, 0.1) is 0 Å². The molecule has 1 saturated heterocycles. The molecule has 1 nitrogen and oxygen atoms in total. The van der Waals surface area contributed by atoms with E-state index in [4.69, 9.17) is 0 Å². The van der Waals surface area contributed by atoms with Crippen molar-refractivity contribution in [1.82, 2.24) is 5.32 Å². The van der Waals surface area contributed by atoms with Crippen molar-refractivity contribution in [2.45, 2.75) is 44.6 Å². The molecule has 0 aromatic carbocycles. The molecule has 11 heavy (non-hydrogen) atoms. The fraction of sp³-hybridized carbons (Fsp3) is 1.00. The summed E-state index contributed by atoms with van der Waals surface area (Å²) >= 11 is 0. The summed E-state index contributed by atoms with van der Waals surface area (Å²) in [6.45, 7) is 1.99. The maximum Gasteiger partial charge on any atom is 0.245 e. The molecule has 1 fully saturated rings. The quantitative estimate of drug-likeness (QED) is 0.672. The molecule has 1 unspecified atom stereocenters. The molecule has 1 atom stereocenters.